The fourth-order valence-electron chi connectivity index (χ4n) is 4.45. The summed E-state index contributed by atoms with van der Waals surface area (Å²) in [5, 5.41) is 4.14. The van der Waals surface area contributed by atoms with Crippen LogP contribution in [0.5, 0.6) is 0 Å². The van der Waals surface area contributed by atoms with Crippen LogP contribution in [-0.4, -0.2) is 47.2 Å². The van der Waals surface area contributed by atoms with Crippen molar-refractivity contribution < 1.29 is 4.52 Å². The number of piperidine rings is 1. The Bertz CT molecular complexity index is 496. The van der Waals surface area contributed by atoms with Gasteiger partial charge in [0, 0.05) is 38.3 Å². The van der Waals surface area contributed by atoms with E-state index in [1.54, 1.807) is 0 Å². The first-order chi connectivity index (χ1) is 10.8. The van der Waals surface area contributed by atoms with Crippen molar-refractivity contribution in [1.29, 1.82) is 0 Å². The van der Waals surface area contributed by atoms with Crippen LogP contribution in [0.4, 0.5) is 0 Å². The highest BCUT2D eigenvalue weighted by atomic mass is 16.5. The molecular formula is C18H29N3O. The highest BCUT2D eigenvalue weighted by Crippen LogP contribution is 2.33. The van der Waals surface area contributed by atoms with Gasteiger partial charge in [0.1, 0.15) is 0 Å². The molecule has 0 spiro atoms. The number of aryl methyl sites for hydroxylation is 1. The summed E-state index contributed by atoms with van der Waals surface area (Å²) >= 11 is 0. The van der Waals surface area contributed by atoms with Gasteiger partial charge in [-0.3, -0.25) is 9.80 Å². The highest BCUT2D eigenvalue weighted by Gasteiger charge is 2.36. The zero-order chi connectivity index (χ0) is 14.9. The first kappa shape index (κ1) is 14.7. The lowest BCUT2D eigenvalue weighted by Crippen LogP contribution is -2.46. The molecule has 3 saturated heterocycles. The van der Waals surface area contributed by atoms with Crippen molar-refractivity contribution in [2.75, 3.05) is 26.2 Å². The molecule has 2 atom stereocenters. The number of fused-ring (bicyclic) bond motifs is 4. The van der Waals surface area contributed by atoms with E-state index in [0.29, 0.717) is 0 Å². The Balaban J connectivity index is 1.38. The monoisotopic (exact) mass is 303 g/mol. The molecule has 22 heavy (non-hydrogen) atoms. The maximum Gasteiger partial charge on any atom is 0.150 e. The SMILES string of the molecule is CCc1cc(CN2C[C@@H]3CC[C@H](C2)N(CC2CCC2)C3)on1. The minimum absolute atomic E-state index is 0.771. The molecule has 4 aliphatic rings. The van der Waals surface area contributed by atoms with Crippen LogP contribution in [0.15, 0.2) is 10.6 Å². The first-order valence-electron chi connectivity index (χ1n) is 9.21. The molecule has 0 radical (unpaired) electrons. The van der Waals surface area contributed by atoms with E-state index >= 15 is 0 Å². The molecule has 122 valence electrons. The zero-order valence-corrected chi connectivity index (χ0v) is 13.8. The van der Waals surface area contributed by atoms with Crippen LogP contribution in [-0.2, 0) is 13.0 Å². The Morgan fingerprint density at radius 1 is 1.18 bits per heavy atom. The Kier molecular flexibility index (Phi) is 4.23. The maximum absolute atomic E-state index is 5.50. The number of hydrogen-bond acceptors (Lipinski definition) is 4. The number of nitrogens with zero attached hydrogens (tertiary/aromatic N) is 3. The van der Waals surface area contributed by atoms with Crippen LogP contribution in [0.3, 0.4) is 0 Å². The molecule has 1 saturated carbocycles. The molecule has 4 heteroatoms. The summed E-state index contributed by atoms with van der Waals surface area (Å²) < 4.78 is 5.50. The van der Waals surface area contributed by atoms with Gasteiger partial charge < -0.3 is 4.52 Å². The Morgan fingerprint density at radius 2 is 2.09 bits per heavy atom. The van der Waals surface area contributed by atoms with Crippen LogP contribution >= 0.6 is 0 Å². The van der Waals surface area contributed by atoms with E-state index in [1.165, 1.54) is 58.3 Å². The van der Waals surface area contributed by atoms with Gasteiger partial charge in [-0.05, 0) is 43.9 Å². The first-order valence-corrected chi connectivity index (χ1v) is 9.21. The number of aromatic nitrogens is 1. The molecule has 0 amide bonds. The van der Waals surface area contributed by atoms with Gasteiger partial charge in [0.25, 0.3) is 0 Å². The molecule has 0 unspecified atom stereocenters. The summed E-state index contributed by atoms with van der Waals surface area (Å²) in [4.78, 5) is 5.43. The van der Waals surface area contributed by atoms with Gasteiger partial charge in [-0.15, -0.1) is 0 Å². The number of hydrogen-bond donors (Lipinski definition) is 0. The van der Waals surface area contributed by atoms with Crippen LogP contribution in [0.2, 0.25) is 0 Å². The van der Waals surface area contributed by atoms with E-state index < -0.39 is 0 Å². The summed E-state index contributed by atoms with van der Waals surface area (Å²) in [5.74, 6) is 2.89. The maximum atomic E-state index is 5.50. The smallest absolute Gasteiger partial charge is 0.150 e. The summed E-state index contributed by atoms with van der Waals surface area (Å²) in [7, 11) is 0. The molecule has 4 heterocycles. The predicted molar refractivity (Wildman–Crippen MR) is 86.6 cm³/mol. The second kappa shape index (κ2) is 6.32. The van der Waals surface area contributed by atoms with E-state index in [1.807, 2.05) is 0 Å². The van der Waals surface area contributed by atoms with E-state index in [9.17, 15) is 0 Å². The second-order valence-corrected chi connectivity index (χ2v) is 7.68. The zero-order valence-electron chi connectivity index (χ0n) is 13.8. The van der Waals surface area contributed by atoms with Gasteiger partial charge in [0.15, 0.2) is 5.76 Å². The fraction of sp³-hybridized carbons (Fsp3) is 0.833. The Morgan fingerprint density at radius 3 is 2.82 bits per heavy atom. The van der Waals surface area contributed by atoms with Crippen molar-refractivity contribution in [2.24, 2.45) is 11.8 Å². The van der Waals surface area contributed by atoms with Crippen LogP contribution in [0, 0.1) is 11.8 Å². The van der Waals surface area contributed by atoms with Crippen LogP contribution in [0.1, 0.15) is 50.5 Å². The van der Waals surface area contributed by atoms with Crippen LogP contribution < -0.4 is 0 Å². The van der Waals surface area contributed by atoms with Gasteiger partial charge in [0.2, 0.25) is 0 Å². The molecule has 3 aliphatic heterocycles. The fourth-order valence-corrected chi connectivity index (χ4v) is 4.45. The van der Waals surface area contributed by atoms with Crippen molar-refractivity contribution in [3.8, 4) is 0 Å². The van der Waals surface area contributed by atoms with Gasteiger partial charge in [-0.1, -0.05) is 18.5 Å². The molecule has 0 aromatic carbocycles. The molecule has 5 rings (SSSR count). The normalized spacial score (nSPS) is 30.4. The predicted octanol–water partition coefficient (Wildman–Crippen LogP) is 2.93. The van der Waals surface area contributed by atoms with E-state index in [4.69, 9.17) is 4.52 Å². The summed E-state index contributed by atoms with van der Waals surface area (Å²) in [6, 6.07) is 2.91. The molecule has 1 aliphatic carbocycles. The third kappa shape index (κ3) is 3.09. The molecule has 2 bridgehead atoms. The molecule has 4 nitrogen and oxygen atoms in total. The third-order valence-electron chi connectivity index (χ3n) is 5.97. The highest BCUT2D eigenvalue weighted by molar-refractivity contribution is 5.05. The van der Waals surface area contributed by atoms with Crippen LogP contribution in [0.25, 0.3) is 0 Å². The largest absolute Gasteiger partial charge is 0.360 e. The molecular weight excluding hydrogens is 274 g/mol. The van der Waals surface area contributed by atoms with Gasteiger partial charge >= 0.3 is 0 Å². The number of rotatable bonds is 5. The van der Waals surface area contributed by atoms with Crippen molar-refractivity contribution in [3.63, 3.8) is 0 Å². The van der Waals surface area contributed by atoms with E-state index in [-0.39, 0.29) is 0 Å². The summed E-state index contributed by atoms with van der Waals surface area (Å²) in [6.45, 7) is 8.21. The molecule has 4 fully saturated rings. The Hall–Kier alpha value is -0.870. The second-order valence-electron chi connectivity index (χ2n) is 7.68. The standard InChI is InChI=1S/C18H29N3O/c1-2-16-8-18(22-19-16)13-20-9-15-6-7-17(12-20)21(11-15)10-14-4-3-5-14/h8,14-15,17H,2-7,9-13H2,1H3/t15-,17+/m0/s1. The molecule has 0 N–H and O–H groups in total. The quantitative estimate of drug-likeness (QED) is 0.837. The molecule has 1 aromatic heterocycles. The lowest BCUT2D eigenvalue weighted by atomic mass is 9.83. The van der Waals surface area contributed by atoms with Gasteiger partial charge in [0.05, 0.1) is 12.2 Å². The minimum atomic E-state index is 0.771. The topological polar surface area (TPSA) is 32.5 Å². The lowest BCUT2D eigenvalue weighted by molar-refractivity contribution is 0.0888. The average molecular weight is 303 g/mol. The van der Waals surface area contributed by atoms with Crippen molar-refractivity contribution in [1.82, 2.24) is 15.0 Å². The van der Waals surface area contributed by atoms with Crippen molar-refractivity contribution in [3.05, 3.63) is 17.5 Å². The van der Waals surface area contributed by atoms with Crippen molar-refractivity contribution >= 4 is 0 Å². The summed E-state index contributed by atoms with van der Waals surface area (Å²) in [6.07, 6.45) is 8.17. The van der Waals surface area contributed by atoms with Crippen molar-refractivity contribution in [2.45, 2.75) is 58.0 Å². The average Bonchev–Trinajstić information content (AvgIpc) is 2.75. The summed E-state index contributed by atoms with van der Waals surface area (Å²) in [5.41, 5.74) is 1.08. The third-order valence-corrected chi connectivity index (χ3v) is 5.97. The molecule has 1 aromatic rings. The van der Waals surface area contributed by atoms with E-state index in [0.717, 1.165) is 42.3 Å². The minimum Gasteiger partial charge on any atom is -0.360 e. The van der Waals surface area contributed by atoms with Gasteiger partial charge in [-0.2, -0.15) is 0 Å². The van der Waals surface area contributed by atoms with Gasteiger partial charge in [-0.25, -0.2) is 0 Å². The Labute approximate surface area is 133 Å². The lowest BCUT2D eigenvalue weighted by Gasteiger charge is -2.40. The van der Waals surface area contributed by atoms with E-state index in [2.05, 4.69) is 27.9 Å².